The smallest absolute Gasteiger partial charge is 0.345 e. The van der Waals surface area contributed by atoms with E-state index < -0.39 is 13.2 Å². The molecule has 10 heteroatoms. The second-order valence-electron chi connectivity index (χ2n) is 6.67. The van der Waals surface area contributed by atoms with Crippen LogP contribution in [0.5, 0.6) is 0 Å². The van der Waals surface area contributed by atoms with E-state index in [1.165, 1.54) is 17.7 Å². The lowest BCUT2D eigenvalue weighted by Gasteiger charge is -2.29. The van der Waals surface area contributed by atoms with E-state index in [1.54, 1.807) is 14.1 Å². The van der Waals surface area contributed by atoms with Crippen molar-refractivity contribution in [2.24, 2.45) is 11.3 Å². The minimum absolute atomic E-state index is 0.0197. The largest absolute Gasteiger partial charge is 0.407 e. The fourth-order valence-electron chi connectivity index (χ4n) is 2.76. The molecule has 1 fully saturated rings. The maximum atomic E-state index is 13.0. The van der Waals surface area contributed by atoms with Crippen LogP contribution < -0.4 is 10.6 Å². The van der Waals surface area contributed by atoms with Crippen molar-refractivity contribution in [2.45, 2.75) is 20.3 Å². The molecule has 1 aliphatic heterocycles. The van der Waals surface area contributed by atoms with Crippen LogP contribution in [0.3, 0.4) is 0 Å². The van der Waals surface area contributed by atoms with Gasteiger partial charge in [0.05, 0.1) is 13.2 Å². The Kier molecular flexibility index (Phi) is 6.74. The van der Waals surface area contributed by atoms with Crippen molar-refractivity contribution in [1.82, 2.24) is 15.3 Å². The Hall–Kier alpha value is -1.12. The predicted molar refractivity (Wildman–Crippen MR) is 101 cm³/mol. The van der Waals surface area contributed by atoms with Gasteiger partial charge in [0, 0.05) is 29.9 Å². The molecule has 2 rings (SSSR count). The topological polar surface area (TPSA) is 97.0 Å². The third-order valence-corrected chi connectivity index (χ3v) is 7.16. The van der Waals surface area contributed by atoms with E-state index >= 15 is 0 Å². The summed E-state index contributed by atoms with van der Waals surface area (Å²) in [5.41, 5.74) is 0.306. The number of thioether (sulfide) groups is 1. The van der Waals surface area contributed by atoms with Gasteiger partial charge in [-0.05, 0) is 26.4 Å². The van der Waals surface area contributed by atoms with E-state index in [1.807, 2.05) is 6.92 Å². The number of carbonyl (C=O) groups is 2. The summed E-state index contributed by atoms with van der Waals surface area (Å²) in [5.74, 6) is 0.851. The highest BCUT2D eigenvalue weighted by atomic mass is 32.2. The predicted octanol–water partition coefficient (Wildman–Crippen LogP) is 2.07. The lowest BCUT2D eigenvalue weighted by atomic mass is 9.99. The molecule has 3 atom stereocenters. The highest BCUT2D eigenvalue weighted by molar-refractivity contribution is 8.13. The van der Waals surface area contributed by atoms with E-state index in [4.69, 9.17) is 9.05 Å². The average Bonchev–Trinajstić information content (AvgIpc) is 3.20. The quantitative estimate of drug-likeness (QED) is 0.446. The standard InChI is InChI=1S/C16H26N3O5PS/c1-11-9-16(11,14-8-15(21)18-12(2)17-14)10-24-25(22,19(4)5)23-6-7-26-13(3)20/h8,11,17H,2,6-7,9-10H2,1,3-5H3,(H,18,21). The van der Waals surface area contributed by atoms with Crippen LogP contribution >= 0.6 is 19.5 Å². The summed E-state index contributed by atoms with van der Waals surface area (Å²) in [5, 5.41) is 5.64. The molecule has 26 heavy (non-hydrogen) atoms. The maximum absolute atomic E-state index is 13.0. The third-order valence-electron chi connectivity index (χ3n) is 4.44. The first kappa shape index (κ1) is 21.2. The number of amides is 1. The molecule has 1 amide bonds. The molecule has 2 N–H and O–H groups in total. The molecule has 0 spiro atoms. The highest BCUT2D eigenvalue weighted by Crippen LogP contribution is 2.61. The van der Waals surface area contributed by atoms with Gasteiger partial charge in [0.15, 0.2) is 5.12 Å². The number of nitrogens with one attached hydrogen (secondary N) is 2. The monoisotopic (exact) mass is 403 g/mol. The van der Waals surface area contributed by atoms with Crippen LogP contribution in [0.4, 0.5) is 0 Å². The molecule has 0 bridgehead atoms. The Morgan fingerprint density at radius 2 is 2.12 bits per heavy atom. The van der Waals surface area contributed by atoms with Crippen LogP contribution in [0.2, 0.25) is 0 Å². The summed E-state index contributed by atoms with van der Waals surface area (Å²) in [6.45, 7) is 7.56. The van der Waals surface area contributed by atoms with E-state index in [2.05, 4.69) is 17.2 Å². The van der Waals surface area contributed by atoms with Crippen LogP contribution in [-0.4, -0.2) is 48.8 Å². The van der Waals surface area contributed by atoms with Crippen molar-refractivity contribution in [2.75, 3.05) is 33.1 Å². The number of hydrogen-bond donors (Lipinski definition) is 2. The molecule has 3 unspecified atom stereocenters. The van der Waals surface area contributed by atoms with E-state index in [0.29, 0.717) is 11.6 Å². The molecule has 0 radical (unpaired) electrons. The van der Waals surface area contributed by atoms with Crippen molar-refractivity contribution < 1.29 is 23.2 Å². The van der Waals surface area contributed by atoms with Crippen molar-refractivity contribution in [3.63, 3.8) is 0 Å². The highest BCUT2D eigenvalue weighted by Gasteiger charge is 2.56. The molecule has 0 aromatic carbocycles. The van der Waals surface area contributed by atoms with Gasteiger partial charge in [0.1, 0.15) is 5.82 Å². The molecule has 0 aromatic rings. The molecule has 2 aliphatic rings. The van der Waals surface area contributed by atoms with Gasteiger partial charge in [-0.3, -0.25) is 18.6 Å². The maximum Gasteiger partial charge on any atom is 0.407 e. The van der Waals surface area contributed by atoms with Gasteiger partial charge >= 0.3 is 7.75 Å². The number of rotatable bonds is 9. The third kappa shape index (κ3) is 4.98. The summed E-state index contributed by atoms with van der Waals surface area (Å²) in [4.78, 5) is 22.7. The summed E-state index contributed by atoms with van der Waals surface area (Å²) in [6.07, 6.45) is 2.30. The number of hydrogen-bond acceptors (Lipinski definition) is 7. The van der Waals surface area contributed by atoms with Gasteiger partial charge in [0.25, 0.3) is 5.91 Å². The average molecular weight is 403 g/mol. The van der Waals surface area contributed by atoms with Gasteiger partial charge in [-0.15, -0.1) is 0 Å². The van der Waals surface area contributed by atoms with Gasteiger partial charge < -0.3 is 10.6 Å². The second kappa shape index (κ2) is 8.27. The molecular formula is C16H26N3O5PS. The summed E-state index contributed by atoms with van der Waals surface area (Å²) in [6, 6.07) is 0. The number of carbonyl (C=O) groups excluding carboxylic acids is 2. The minimum atomic E-state index is -3.49. The van der Waals surface area contributed by atoms with Crippen LogP contribution in [-0.2, 0) is 23.2 Å². The molecular weight excluding hydrogens is 377 g/mol. The SMILES string of the molecule is C=C1NC(=O)C=C(C2(COP(=O)(OCCSC(C)=O)N(C)C)CC2C)N1. The Bertz CT molecular complexity index is 681. The molecule has 8 nitrogen and oxygen atoms in total. The summed E-state index contributed by atoms with van der Waals surface area (Å²) >= 11 is 1.11. The zero-order chi connectivity index (χ0) is 19.5. The van der Waals surface area contributed by atoms with Gasteiger partial charge in [0.2, 0.25) is 0 Å². The fourth-order valence-corrected chi connectivity index (χ4v) is 4.59. The van der Waals surface area contributed by atoms with Gasteiger partial charge in [-0.2, -0.15) is 0 Å². The van der Waals surface area contributed by atoms with E-state index in [-0.39, 0.29) is 30.2 Å². The minimum Gasteiger partial charge on any atom is -0.345 e. The fraction of sp³-hybridized carbons (Fsp3) is 0.625. The first-order valence-electron chi connectivity index (χ1n) is 8.28. The molecule has 1 aliphatic carbocycles. The van der Waals surface area contributed by atoms with E-state index in [9.17, 15) is 14.2 Å². The van der Waals surface area contributed by atoms with Crippen molar-refractivity contribution in [3.8, 4) is 0 Å². The van der Waals surface area contributed by atoms with Crippen LogP contribution in [0, 0.1) is 11.3 Å². The van der Waals surface area contributed by atoms with Crippen molar-refractivity contribution >= 4 is 30.5 Å². The van der Waals surface area contributed by atoms with Crippen LogP contribution in [0.25, 0.3) is 0 Å². The van der Waals surface area contributed by atoms with Gasteiger partial charge in [-0.1, -0.05) is 25.3 Å². The molecule has 1 saturated carbocycles. The Balaban J connectivity index is 2.02. The molecule has 146 valence electrons. The number of nitrogens with zero attached hydrogens (tertiary/aromatic N) is 1. The normalized spacial score (nSPS) is 27.4. The van der Waals surface area contributed by atoms with Crippen molar-refractivity contribution in [3.05, 3.63) is 24.2 Å². The molecule has 0 aromatic heterocycles. The lowest BCUT2D eigenvalue weighted by Crippen LogP contribution is -2.39. The van der Waals surface area contributed by atoms with Crippen LogP contribution in [0.15, 0.2) is 24.2 Å². The zero-order valence-corrected chi connectivity index (χ0v) is 17.2. The van der Waals surface area contributed by atoms with Crippen molar-refractivity contribution in [1.29, 1.82) is 0 Å². The lowest BCUT2D eigenvalue weighted by molar-refractivity contribution is -0.116. The Morgan fingerprint density at radius 1 is 1.46 bits per heavy atom. The second-order valence-corrected chi connectivity index (χ2v) is 10.2. The molecule has 0 saturated heterocycles. The van der Waals surface area contributed by atoms with Crippen LogP contribution in [0.1, 0.15) is 20.3 Å². The van der Waals surface area contributed by atoms with Gasteiger partial charge in [-0.25, -0.2) is 9.24 Å². The Morgan fingerprint density at radius 3 is 2.62 bits per heavy atom. The first-order valence-corrected chi connectivity index (χ1v) is 10.8. The molecule has 1 heterocycles. The Labute approximate surface area is 158 Å². The zero-order valence-electron chi connectivity index (χ0n) is 15.5. The summed E-state index contributed by atoms with van der Waals surface area (Å²) < 4.78 is 25.6. The summed E-state index contributed by atoms with van der Waals surface area (Å²) in [7, 11) is -0.244. The van der Waals surface area contributed by atoms with E-state index in [0.717, 1.165) is 23.9 Å². The first-order chi connectivity index (χ1) is 12.1.